The van der Waals surface area contributed by atoms with Crippen molar-refractivity contribution in [1.29, 1.82) is 0 Å². The van der Waals surface area contributed by atoms with Crippen molar-refractivity contribution in [2.75, 3.05) is 25.0 Å². The fourth-order valence-corrected chi connectivity index (χ4v) is 2.16. The summed E-state index contributed by atoms with van der Waals surface area (Å²) in [6.07, 6.45) is 4.06. The van der Waals surface area contributed by atoms with E-state index in [1.807, 2.05) is 0 Å². The number of hydrogen-bond donors (Lipinski definition) is 0. The molecule has 0 aromatic heterocycles. The first-order valence-corrected chi connectivity index (χ1v) is 8.29. The Morgan fingerprint density at radius 2 is 1.25 bits per heavy atom. The number of hydrogen-bond acceptors (Lipinski definition) is 2. The van der Waals surface area contributed by atoms with Gasteiger partial charge in [-0.05, 0) is 36.8 Å². The molecule has 0 heterocycles. The monoisotopic (exact) mass is 318 g/mol. The van der Waals surface area contributed by atoms with Crippen molar-refractivity contribution in [2.45, 2.75) is 38.9 Å². The summed E-state index contributed by atoms with van der Waals surface area (Å²) in [6, 6.07) is 8.36. The van der Waals surface area contributed by atoms with E-state index < -0.39 is 0 Å². The molecule has 0 spiro atoms. The molecule has 1 rings (SSSR count). The molecule has 114 valence electrons. The minimum absolute atomic E-state index is 0.655. The summed E-state index contributed by atoms with van der Waals surface area (Å²) in [5.74, 6) is 1.42. The van der Waals surface area contributed by atoms with Gasteiger partial charge in [0.15, 0.2) is 0 Å². The van der Waals surface area contributed by atoms with Crippen LogP contribution in [-0.2, 0) is 22.7 Å². The van der Waals surface area contributed by atoms with Crippen LogP contribution in [0.3, 0.4) is 0 Å². The maximum absolute atomic E-state index is 5.62. The molecule has 0 unspecified atom stereocenters. The zero-order valence-corrected chi connectivity index (χ0v) is 13.5. The Bertz CT molecular complexity index is 316. The van der Waals surface area contributed by atoms with Crippen molar-refractivity contribution in [3.63, 3.8) is 0 Å². The van der Waals surface area contributed by atoms with Crippen molar-refractivity contribution in [1.82, 2.24) is 0 Å². The zero-order valence-electron chi connectivity index (χ0n) is 12.0. The maximum Gasteiger partial charge on any atom is 0.0716 e. The van der Waals surface area contributed by atoms with Gasteiger partial charge in [-0.25, -0.2) is 0 Å². The molecule has 0 saturated heterocycles. The number of benzene rings is 1. The third-order valence-corrected chi connectivity index (χ3v) is 3.41. The smallest absolute Gasteiger partial charge is 0.0716 e. The molecular formula is C16H24Cl2O2. The lowest BCUT2D eigenvalue weighted by Crippen LogP contribution is -1.99. The molecule has 0 aliphatic carbocycles. The normalized spacial score (nSPS) is 10.9. The van der Waals surface area contributed by atoms with E-state index in [2.05, 4.69) is 24.3 Å². The highest BCUT2D eigenvalue weighted by Crippen LogP contribution is 2.09. The average Bonchev–Trinajstić information content (AvgIpc) is 2.47. The van der Waals surface area contributed by atoms with Crippen LogP contribution in [0, 0.1) is 0 Å². The van der Waals surface area contributed by atoms with Crippen molar-refractivity contribution < 1.29 is 9.47 Å². The summed E-state index contributed by atoms with van der Waals surface area (Å²) in [4.78, 5) is 0. The van der Waals surface area contributed by atoms with Gasteiger partial charge in [-0.3, -0.25) is 0 Å². The topological polar surface area (TPSA) is 18.5 Å². The van der Waals surface area contributed by atoms with Crippen molar-refractivity contribution in [2.24, 2.45) is 0 Å². The summed E-state index contributed by atoms with van der Waals surface area (Å²) < 4.78 is 11.2. The van der Waals surface area contributed by atoms with E-state index in [4.69, 9.17) is 32.7 Å². The van der Waals surface area contributed by atoms with Crippen LogP contribution in [0.4, 0.5) is 0 Å². The lowest BCUT2D eigenvalue weighted by Gasteiger charge is -2.07. The molecule has 4 heteroatoms. The number of rotatable bonds is 12. The minimum atomic E-state index is 0.655. The Morgan fingerprint density at radius 1 is 0.750 bits per heavy atom. The van der Waals surface area contributed by atoms with Gasteiger partial charge < -0.3 is 9.47 Å². The second kappa shape index (κ2) is 12.5. The van der Waals surface area contributed by atoms with E-state index in [0.29, 0.717) is 25.0 Å². The Morgan fingerprint density at radius 3 is 1.70 bits per heavy atom. The summed E-state index contributed by atoms with van der Waals surface area (Å²) in [5.41, 5.74) is 2.38. The van der Waals surface area contributed by atoms with E-state index in [-0.39, 0.29) is 0 Å². The molecule has 1 aromatic carbocycles. The Labute approximate surface area is 132 Å². The van der Waals surface area contributed by atoms with Crippen LogP contribution in [-0.4, -0.2) is 25.0 Å². The molecule has 0 fully saturated rings. The third-order valence-electron chi connectivity index (χ3n) is 2.87. The molecule has 0 amide bonds. The molecule has 0 atom stereocenters. The van der Waals surface area contributed by atoms with Gasteiger partial charge in [0.1, 0.15) is 0 Å². The van der Waals surface area contributed by atoms with Gasteiger partial charge in [-0.2, -0.15) is 0 Å². The van der Waals surface area contributed by atoms with E-state index in [0.717, 1.165) is 38.9 Å². The van der Waals surface area contributed by atoms with Crippen LogP contribution < -0.4 is 0 Å². The highest BCUT2D eigenvalue weighted by Gasteiger charge is 1.98. The zero-order chi connectivity index (χ0) is 14.5. The average molecular weight is 319 g/mol. The van der Waals surface area contributed by atoms with Gasteiger partial charge in [0.25, 0.3) is 0 Å². The van der Waals surface area contributed by atoms with Crippen LogP contribution >= 0.6 is 23.2 Å². The standard InChI is InChI=1S/C16H24Cl2O2/c17-8-1-3-10-19-13-15-6-5-7-16(12-15)14-20-11-4-2-9-18/h5-7,12H,1-4,8-11,13-14H2. The van der Waals surface area contributed by atoms with Gasteiger partial charge in [0.05, 0.1) is 13.2 Å². The Hall–Kier alpha value is -0.280. The second-order valence-electron chi connectivity index (χ2n) is 4.72. The van der Waals surface area contributed by atoms with Gasteiger partial charge in [-0.15, -0.1) is 23.2 Å². The molecular weight excluding hydrogens is 295 g/mol. The van der Waals surface area contributed by atoms with Crippen molar-refractivity contribution in [3.8, 4) is 0 Å². The highest BCUT2D eigenvalue weighted by molar-refractivity contribution is 6.18. The maximum atomic E-state index is 5.62. The number of alkyl halides is 2. The van der Waals surface area contributed by atoms with E-state index in [1.54, 1.807) is 0 Å². The Kier molecular flexibility index (Phi) is 11.1. The van der Waals surface area contributed by atoms with Crippen LogP contribution in [0.5, 0.6) is 0 Å². The van der Waals surface area contributed by atoms with Gasteiger partial charge in [0.2, 0.25) is 0 Å². The van der Waals surface area contributed by atoms with E-state index >= 15 is 0 Å². The Balaban J connectivity index is 2.19. The highest BCUT2D eigenvalue weighted by atomic mass is 35.5. The second-order valence-corrected chi connectivity index (χ2v) is 5.47. The van der Waals surface area contributed by atoms with Crippen molar-refractivity contribution >= 4 is 23.2 Å². The van der Waals surface area contributed by atoms with Crippen LogP contribution in [0.1, 0.15) is 36.8 Å². The largest absolute Gasteiger partial charge is 0.377 e. The molecule has 0 bridgehead atoms. The molecule has 0 radical (unpaired) electrons. The summed E-state index contributed by atoms with van der Waals surface area (Å²) >= 11 is 11.2. The molecule has 1 aromatic rings. The molecule has 0 saturated carbocycles. The van der Waals surface area contributed by atoms with E-state index in [9.17, 15) is 0 Å². The third kappa shape index (κ3) is 8.80. The molecule has 20 heavy (non-hydrogen) atoms. The molecule has 0 aliphatic heterocycles. The van der Waals surface area contributed by atoms with Gasteiger partial charge >= 0.3 is 0 Å². The summed E-state index contributed by atoms with van der Waals surface area (Å²) in [6.45, 7) is 2.85. The molecule has 0 N–H and O–H groups in total. The minimum Gasteiger partial charge on any atom is -0.377 e. The first-order valence-electron chi connectivity index (χ1n) is 7.22. The van der Waals surface area contributed by atoms with E-state index in [1.165, 1.54) is 11.1 Å². The van der Waals surface area contributed by atoms with Crippen LogP contribution in [0.15, 0.2) is 24.3 Å². The van der Waals surface area contributed by atoms with Crippen LogP contribution in [0.25, 0.3) is 0 Å². The first-order chi connectivity index (χ1) is 9.86. The fourth-order valence-electron chi connectivity index (χ4n) is 1.79. The first kappa shape index (κ1) is 17.8. The number of halogens is 2. The predicted octanol–water partition coefficient (Wildman–Crippen LogP) is 4.76. The van der Waals surface area contributed by atoms with Crippen LogP contribution in [0.2, 0.25) is 0 Å². The summed E-state index contributed by atoms with van der Waals surface area (Å²) in [5, 5.41) is 0. The SMILES string of the molecule is ClCCCCOCc1cccc(COCCCCCl)c1. The molecule has 0 aliphatic rings. The summed E-state index contributed by atoms with van der Waals surface area (Å²) in [7, 11) is 0. The van der Waals surface area contributed by atoms with Gasteiger partial charge in [-0.1, -0.05) is 24.3 Å². The van der Waals surface area contributed by atoms with Gasteiger partial charge in [0, 0.05) is 25.0 Å². The lowest BCUT2D eigenvalue weighted by molar-refractivity contribution is 0.114. The molecule has 2 nitrogen and oxygen atoms in total. The number of unbranched alkanes of at least 4 members (excludes halogenated alkanes) is 2. The predicted molar refractivity (Wildman–Crippen MR) is 85.7 cm³/mol. The fraction of sp³-hybridized carbons (Fsp3) is 0.625. The lowest BCUT2D eigenvalue weighted by atomic mass is 10.1. The quantitative estimate of drug-likeness (QED) is 0.408. The van der Waals surface area contributed by atoms with Crippen molar-refractivity contribution in [3.05, 3.63) is 35.4 Å². The number of ether oxygens (including phenoxy) is 2.